The average Bonchev–Trinajstić information content (AvgIpc) is 3.49. The molecule has 1 atom stereocenters. The van der Waals surface area contributed by atoms with E-state index in [1.807, 2.05) is 18.2 Å². The van der Waals surface area contributed by atoms with Gasteiger partial charge in [0.2, 0.25) is 6.79 Å². The van der Waals surface area contributed by atoms with Crippen molar-refractivity contribution >= 4 is 5.96 Å². The van der Waals surface area contributed by atoms with Crippen molar-refractivity contribution in [2.24, 2.45) is 10.9 Å². The number of hydrogen-bond acceptors (Lipinski definition) is 6. The zero-order chi connectivity index (χ0) is 22.2. The van der Waals surface area contributed by atoms with Crippen molar-refractivity contribution < 1.29 is 23.7 Å². The molecule has 2 heterocycles. The number of fused-ring (bicyclic) bond motifs is 1. The first kappa shape index (κ1) is 22.1. The van der Waals surface area contributed by atoms with Gasteiger partial charge in [-0.3, -0.25) is 4.99 Å². The molecule has 1 fully saturated rings. The molecule has 2 aromatic rings. The van der Waals surface area contributed by atoms with E-state index in [1.165, 1.54) is 5.56 Å². The van der Waals surface area contributed by atoms with Gasteiger partial charge in [0.05, 0.1) is 19.8 Å². The standard InChI is InChI=1S/C24H31N3O5/c1-17-3-4-19(22(11-17)30-15-18-7-9-28-14-18)13-27-24(25-2)26-8-10-29-20-5-6-21-23(12-20)32-16-31-21/h3-6,11-12,18H,7-10,13-16H2,1-2H3,(H2,25,26,27). The number of nitrogens with one attached hydrogen (secondary N) is 2. The smallest absolute Gasteiger partial charge is 0.231 e. The minimum absolute atomic E-state index is 0.255. The Morgan fingerprint density at radius 1 is 1.09 bits per heavy atom. The van der Waals surface area contributed by atoms with Crippen molar-refractivity contribution in [1.82, 2.24) is 10.6 Å². The molecular formula is C24H31N3O5. The third-order valence-electron chi connectivity index (χ3n) is 5.40. The fraction of sp³-hybridized carbons (Fsp3) is 0.458. The Balaban J connectivity index is 1.22. The van der Waals surface area contributed by atoms with Crippen molar-refractivity contribution in [1.29, 1.82) is 0 Å². The zero-order valence-corrected chi connectivity index (χ0v) is 18.7. The lowest BCUT2D eigenvalue weighted by molar-refractivity contribution is 0.166. The molecule has 1 unspecified atom stereocenters. The van der Waals surface area contributed by atoms with E-state index in [4.69, 9.17) is 23.7 Å². The van der Waals surface area contributed by atoms with Gasteiger partial charge in [-0.1, -0.05) is 12.1 Å². The third-order valence-corrected chi connectivity index (χ3v) is 5.40. The lowest BCUT2D eigenvalue weighted by Crippen LogP contribution is -2.39. The van der Waals surface area contributed by atoms with Crippen LogP contribution < -0.4 is 29.6 Å². The Kier molecular flexibility index (Phi) is 7.55. The summed E-state index contributed by atoms with van der Waals surface area (Å²) in [5.41, 5.74) is 2.27. The third kappa shape index (κ3) is 5.97. The number of benzene rings is 2. The molecule has 0 aromatic heterocycles. The molecule has 0 bridgehead atoms. The molecule has 2 aromatic carbocycles. The Hall–Kier alpha value is -3.13. The minimum atomic E-state index is 0.255. The Labute approximate surface area is 188 Å². The Morgan fingerprint density at radius 2 is 2.00 bits per heavy atom. The summed E-state index contributed by atoms with van der Waals surface area (Å²) in [5.74, 6) is 4.28. The molecule has 1 saturated heterocycles. The molecule has 0 spiro atoms. The number of nitrogens with zero attached hydrogens (tertiary/aromatic N) is 1. The molecule has 2 N–H and O–H groups in total. The summed E-state index contributed by atoms with van der Waals surface area (Å²) in [6.45, 7) is 6.32. The van der Waals surface area contributed by atoms with Crippen molar-refractivity contribution in [3.05, 3.63) is 47.5 Å². The molecule has 0 amide bonds. The van der Waals surface area contributed by atoms with Crippen LogP contribution in [0.15, 0.2) is 41.4 Å². The summed E-state index contributed by atoms with van der Waals surface area (Å²) in [6, 6.07) is 11.8. The molecule has 8 nitrogen and oxygen atoms in total. The van der Waals surface area contributed by atoms with E-state index in [2.05, 4.69) is 40.7 Å². The van der Waals surface area contributed by atoms with Crippen LogP contribution in [0.4, 0.5) is 0 Å². The average molecular weight is 442 g/mol. The van der Waals surface area contributed by atoms with Gasteiger partial charge in [0.15, 0.2) is 17.5 Å². The second-order valence-electron chi connectivity index (χ2n) is 7.87. The number of ether oxygens (including phenoxy) is 5. The van der Waals surface area contributed by atoms with E-state index in [0.717, 1.165) is 42.4 Å². The van der Waals surface area contributed by atoms with Crippen LogP contribution in [0.3, 0.4) is 0 Å². The predicted octanol–water partition coefficient (Wildman–Crippen LogP) is 2.88. The molecule has 4 rings (SSSR count). The lowest BCUT2D eigenvalue weighted by Gasteiger charge is -2.17. The van der Waals surface area contributed by atoms with E-state index < -0.39 is 0 Å². The topological polar surface area (TPSA) is 82.6 Å². The summed E-state index contributed by atoms with van der Waals surface area (Å²) < 4.78 is 28.1. The van der Waals surface area contributed by atoms with Crippen LogP contribution in [0, 0.1) is 12.8 Å². The summed E-state index contributed by atoms with van der Waals surface area (Å²) in [7, 11) is 1.75. The summed E-state index contributed by atoms with van der Waals surface area (Å²) >= 11 is 0. The van der Waals surface area contributed by atoms with Gasteiger partial charge in [-0.15, -0.1) is 0 Å². The quantitative estimate of drug-likeness (QED) is 0.352. The number of rotatable bonds is 9. The van der Waals surface area contributed by atoms with Crippen molar-refractivity contribution in [3.8, 4) is 23.0 Å². The molecule has 0 aliphatic carbocycles. The Morgan fingerprint density at radius 3 is 2.84 bits per heavy atom. The molecule has 8 heteroatoms. The van der Waals surface area contributed by atoms with E-state index >= 15 is 0 Å². The van der Waals surface area contributed by atoms with Gasteiger partial charge in [-0.05, 0) is 37.1 Å². The monoisotopic (exact) mass is 441 g/mol. The molecule has 0 saturated carbocycles. The molecule has 2 aliphatic heterocycles. The van der Waals surface area contributed by atoms with E-state index in [9.17, 15) is 0 Å². The van der Waals surface area contributed by atoms with E-state index in [-0.39, 0.29) is 6.79 Å². The van der Waals surface area contributed by atoms with Gasteiger partial charge in [0, 0.05) is 37.7 Å². The highest BCUT2D eigenvalue weighted by atomic mass is 16.7. The Bertz CT molecular complexity index is 928. The number of guanidine groups is 1. The number of hydrogen-bond donors (Lipinski definition) is 2. The summed E-state index contributed by atoms with van der Waals surface area (Å²) in [4.78, 5) is 4.30. The highest BCUT2D eigenvalue weighted by Crippen LogP contribution is 2.35. The lowest BCUT2D eigenvalue weighted by atomic mass is 10.1. The van der Waals surface area contributed by atoms with Gasteiger partial charge in [-0.25, -0.2) is 0 Å². The summed E-state index contributed by atoms with van der Waals surface area (Å²) in [5, 5.41) is 6.62. The fourth-order valence-corrected chi connectivity index (χ4v) is 3.57. The van der Waals surface area contributed by atoms with Crippen LogP contribution >= 0.6 is 0 Å². The first-order chi connectivity index (χ1) is 15.7. The molecule has 32 heavy (non-hydrogen) atoms. The second kappa shape index (κ2) is 10.9. The number of aryl methyl sites for hydroxylation is 1. The van der Waals surface area contributed by atoms with Crippen molar-refractivity contribution in [2.75, 3.05) is 46.8 Å². The fourth-order valence-electron chi connectivity index (χ4n) is 3.57. The molecule has 172 valence electrons. The van der Waals surface area contributed by atoms with Gasteiger partial charge in [-0.2, -0.15) is 0 Å². The van der Waals surface area contributed by atoms with Crippen LogP contribution in [0.1, 0.15) is 17.5 Å². The van der Waals surface area contributed by atoms with Crippen LogP contribution in [0.25, 0.3) is 0 Å². The number of aliphatic imine (C=N–C) groups is 1. The second-order valence-corrected chi connectivity index (χ2v) is 7.87. The predicted molar refractivity (Wildman–Crippen MR) is 122 cm³/mol. The largest absolute Gasteiger partial charge is 0.493 e. The van der Waals surface area contributed by atoms with E-state index in [1.54, 1.807) is 7.05 Å². The first-order valence-electron chi connectivity index (χ1n) is 11.0. The molecule has 2 aliphatic rings. The van der Waals surface area contributed by atoms with Crippen molar-refractivity contribution in [3.63, 3.8) is 0 Å². The van der Waals surface area contributed by atoms with Crippen LogP contribution in [-0.2, 0) is 11.3 Å². The van der Waals surface area contributed by atoms with Crippen LogP contribution in [0.5, 0.6) is 23.0 Å². The molecular weight excluding hydrogens is 410 g/mol. The summed E-state index contributed by atoms with van der Waals surface area (Å²) in [6.07, 6.45) is 1.06. The maximum Gasteiger partial charge on any atom is 0.231 e. The normalized spacial score (nSPS) is 17.3. The van der Waals surface area contributed by atoms with E-state index in [0.29, 0.717) is 43.9 Å². The SMILES string of the molecule is CN=C(NCCOc1ccc2c(c1)OCO2)NCc1ccc(C)cc1OCC1CCOC1. The van der Waals surface area contributed by atoms with Crippen LogP contribution in [-0.4, -0.2) is 52.8 Å². The molecule has 0 radical (unpaired) electrons. The maximum atomic E-state index is 6.13. The zero-order valence-electron chi connectivity index (χ0n) is 18.7. The minimum Gasteiger partial charge on any atom is -0.493 e. The van der Waals surface area contributed by atoms with Gasteiger partial charge < -0.3 is 34.3 Å². The first-order valence-corrected chi connectivity index (χ1v) is 11.0. The van der Waals surface area contributed by atoms with Gasteiger partial charge in [0.1, 0.15) is 18.1 Å². The van der Waals surface area contributed by atoms with Gasteiger partial charge >= 0.3 is 0 Å². The van der Waals surface area contributed by atoms with Crippen molar-refractivity contribution in [2.45, 2.75) is 19.9 Å². The van der Waals surface area contributed by atoms with Gasteiger partial charge in [0.25, 0.3) is 0 Å². The highest BCUT2D eigenvalue weighted by molar-refractivity contribution is 5.79. The highest BCUT2D eigenvalue weighted by Gasteiger charge is 2.17. The van der Waals surface area contributed by atoms with Crippen LogP contribution in [0.2, 0.25) is 0 Å². The maximum absolute atomic E-state index is 6.13.